The number of anilines is 1. The second kappa shape index (κ2) is 9.55. The molecule has 0 fully saturated rings. The molecule has 0 saturated carbocycles. The highest BCUT2D eigenvalue weighted by Crippen LogP contribution is 2.22. The Labute approximate surface area is 183 Å². The molecule has 0 aromatic heterocycles. The summed E-state index contributed by atoms with van der Waals surface area (Å²) in [4.78, 5) is 22.7. The number of amides is 1. The van der Waals surface area contributed by atoms with Crippen molar-refractivity contribution in [1.82, 2.24) is 0 Å². The minimum Gasteiger partial charge on any atom is -0.379 e. The molecule has 0 saturated heterocycles. The number of carbonyl (C=O) groups is 1. The average molecular weight is 449 g/mol. The molecule has 0 spiro atoms. The molecule has 10 heteroatoms. The van der Waals surface area contributed by atoms with Gasteiger partial charge in [-0.1, -0.05) is 36.4 Å². The van der Waals surface area contributed by atoms with Crippen LogP contribution in [0.2, 0.25) is 0 Å². The number of nitriles is 1. The maximum absolute atomic E-state index is 12.4. The van der Waals surface area contributed by atoms with Crippen molar-refractivity contribution >= 4 is 33.5 Å². The van der Waals surface area contributed by atoms with E-state index < -0.39 is 20.9 Å². The third-order valence-corrected chi connectivity index (χ3v) is 5.35. The number of nitrogens with one attached hydrogen (secondary N) is 1. The van der Waals surface area contributed by atoms with E-state index in [4.69, 9.17) is 4.18 Å². The number of carbonyl (C=O) groups excluding carboxylic acids is 1. The summed E-state index contributed by atoms with van der Waals surface area (Å²) in [5.41, 5.74) is -0.0118. The molecule has 160 valence electrons. The number of benzene rings is 3. The lowest BCUT2D eigenvalue weighted by atomic mass is 10.1. The summed E-state index contributed by atoms with van der Waals surface area (Å²) in [5, 5.41) is 22.7. The molecule has 3 rings (SSSR count). The van der Waals surface area contributed by atoms with Crippen molar-refractivity contribution in [1.29, 1.82) is 5.26 Å². The largest absolute Gasteiger partial charge is 0.379 e. The van der Waals surface area contributed by atoms with E-state index in [0.29, 0.717) is 5.56 Å². The molecule has 0 heterocycles. The topological polar surface area (TPSA) is 139 Å². The monoisotopic (exact) mass is 449 g/mol. The molecule has 0 aliphatic rings. The first-order valence-corrected chi connectivity index (χ1v) is 10.5. The van der Waals surface area contributed by atoms with Gasteiger partial charge in [0.05, 0.1) is 4.92 Å². The molecular formula is C22H15N3O6S. The van der Waals surface area contributed by atoms with E-state index in [2.05, 4.69) is 5.32 Å². The number of hydrogen-bond donors (Lipinski definition) is 1. The molecule has 32 heavy (non-hydrogen) atoms. The van der Waals surface area contributed by atoms with Gasteiger partial charge in [0.2, 0.25) is 0 Å². The molecular weight excluding hydrogens is 434 g/mol. The van der Waals surface area contributed by atoms with Crippen molar-refractivity contribution in [2.75, 3.05) is 5.32 Å². The van der Waals surface area contributed by atoms with Crippen LogP contribution >= 0.6 is 0 Å². The summed E-state index contributed by atoms with van der Waals surface area (Å²) in [6, 6.07) is 20.5. The second-order valence-electron chi connectivity index (χ2n) is 6.35. The zero-order valence-electron chi connectivity index (χ0n) is 16.3. The third-order valence-electron chi connectivity index (χ3n) is 4.09. The molecule has 0 radical (unpaired) electrons. The van der Waals surface area contributed by atoms with E-state index in [1.54, 1.807) is 30.3 Å². The summed E-state index contributed by atoms with van der Waals surface area (Å²) in [6.45, 7) is 0. The summed E-state index contributed by atoms with van der Waals surface area (Å²) in [6.07, 6.45) is 1.24. The smallest absolute Gasteiger partial charge is 0.339 e. The van der Waals surface area contributed by atoms with Crippen LogP contribution in [0, 0.1) is 21.4 Å². The van der Waals surface area contributed by atoms with Gasteiger partial charge in [-0.05, 0) is 42.0 Å². The van der Waals surface area contributed by atoms with Crippen LogP contribution in [0.5, 0.6) is 5.75 Å². The van der Waals surface area contributed by atoms with Gasteiger partial charge < -0.3 is 9.50 Å². The molecule has 0 unspecified atom stereocenters. The van der Waals surface area contributed by atoms with Gasteiger partial charge >= 0.3 is 10.1 Å². The Balaban J connectivity index is 1.81. The van der Waals surface area contributed by atoms with E-state index in [0.717, 1.165) is 6.07 Å². The van der Waals surface area contributed by atoms with Gasteiger partial charge in [0.1, 0.15) is 22.3 Å². The van der Waals surface area contributed by atoms with Crippen molar-refractivity contribution in [3.05, 3.63) is 100 Å². The highest BCUT2D eigenvalue weighted by atomic mass is 32.2. The van der Waals surface area contributed by atoms with Gasteiger partial charge in [-0.3, -0.25) is 14.9 Å². The SMILES string of the molecule is N#C/C(=C\c1cccc(OS(=O)(=O)c2ccccc2)c1)C(=O)Nc1cccc([N+](=O)[O-])c1. The van der Waals surface area contributed by atoms with Crippen molar-refractivity contribution in [3.8, 4) is 11.8 Å². The number of nitro groups is 1. The molecule has 3 aromatic carbocycles. The van der Waals surface area contributed by atoms with Crippen molar-refractivity contribution in [2.45, 2.75) is 4.90 Å². The van der Waals surface area contributed by atoms with E-state index >= 15 is 0 Å². The van der Waals surface area contributed by atoms with Crippen LogP contribution in [-0.2, 0) is 14.9 Å². The fourth-order valence-electron chi connectivity index (χ4n) is 2.63. The number of rotatable bonds is 7. The van der Waals surface area contributed by atoms with Crippen LogP contribution in [-0.4, -0.2) is 19.2 Å². The van der Waals surface area contributed by atoms with E-state index in [-0.39, 0.29) is 27.6 Å². The molecule has 0 aliphatic carbocycles. The standard InChI is InChI=1S/C22H15N3O6S/c23-15-17(22(26)24-18-7-5-8-19(14-18)25(27)28)12-16-6-4-9-20(13-16)31-32(29,30)21-10-2-1-3-11-21/h1-14H,(H,24,26)/b17-12+. The fraction of sp³-hybridized carbons (Fsp3) is 0. The zero-order valence-corrected chi connectivity index (χ0v) is 17.2. The summed E-state index contributed by atoms with van der Waals surface area (Å²) < 4.78 is 29.9. The first kappa shape index (κ1) is 22.2. The summed E-state index contributed by atoms with van der Waals surface area (Å²) in [5.74, 6) is -0.782. The lowest BCUT2D eigenvalue weighted by Gasteiger charge is -2.08. The maximum Gasteiger partial charge on any atom is 0.339 e. The minimum atomic E-state index is -4.05. The second-order valence-corrected chi connectivity index (χ2v) is 7.90. The Morgan fingerprint density at radius 2 is 1.75 bits per heavy atom. The highest BCUT2D eigenvalue weighted by molar-refractivity contribution is 7.87. The average Bonchev–Trinajstić information content (AvgIpc) is 2.78. The van der Waals surface area contributed by atoms with Crippen LogP contribution in [0.25, 0.3) is 6.08 Å². The lowest BCUT2D eigenvalue weighted by molar-refractivity contribution is -0.384. The van der Waals surface area contributed by atoms with Crippen LogP contribution in [0.1, 0.15) is 5.56 Å². The summed E-state index contributed by atoms with van der Waals surface area (Å²) in [7, 11) is -4.05. The van der Waals surface area contributed by atoms with Gasteiger partial charge in [-0.25, -0.2) is 0 Å². The molecule has 0 bridgehead atoms. The van der Waals surface area contributed by atoms with E-state index in [1.165, 1.54) is 54.6 Å². The normalized spacial score (nSPS) is 11.3. The van der Waals surface area contributed by atoms with Crippen molar-refractivity contribution < 1.29 is 22.3 Å². The van der Waals surface area contributed by atoms with Crippen molar-refractivity contribution in [2.24, 2.45) is 0 Å². The minimum absolute atomic E-state index is 0.000940. The van der Waals surface area contributed by atoms with Gasteiger partial charge in [-0.15, -0.1) is 0 Å². The first-order chi connectivity index (χ1) is 15.3. The lowest BCUT2D eigenvalue weighted by Crippen LogP contribution is -2.13. The van der Waals surface area contributed by atoms with Gasteiger partial charge in [0, 0.05) is 17.8 Å². The van der Waals surface area contributed by atoms with E-state index in [9.17, 15) is 28.6 Å². The predicted molar refractivity (Wildman–Crippen MR) is 116 cm³/mol. The van der Waals surface area contributed by atoms with Crippen LogP contribution < -0.4 is 9.50 Å². The molecule has 3 aromatic rings. The molecule has 1 amide bonds. The van der Waals surface area contributed by atoms with Gasteiger partial charge in [0.15, 0.2) is 0 Å². The van der Waals surface area contributed by atoms with Crippen molar-refractivity contribution in [3.63, 3.8) is 0 Å². The van der Waals surface area contributed by atoms with Gasteiger partial charge in [-0.2, -0.15) is 13.7 Å². The predicted octanol–water partition coefficient (Wildman–Crippen LogP) is 3.91. The Hall–Kier alpha value is -4.49. The quantitative estimate of drug-likeness (QED) is 0.190. The zero-order chi connectivity index (χ0) is 23.1. The Morgan fingerprint density at radius 1 is 1.03 bits per heavy atom. The first-order valence-electron chi connectivity index (χ1n) is 9.06. The Morgan fingerprint density at radius 3 is 2.44 bits per heavy atom. The molecule has 0 aliphatic heterocycles. The highest BCUT2D eigenvalue weighted by Gasteiger charge is 2.16. The van der Waals surface area contributed by atoms with Crippen LogP contribution in [0.15, 0.2) is 89.3 Å². The number of nitrogens with zero attached hydrogens (tertiary/aromatic N) is 2. The van der Waals surface area contributed by atoms with Crippen LogP contribution in [0.3, 0.4) is 0 Å². The number of nitro benzene ring substituents is 1. The Kier molecular flexibility index (Phi) is 6.62. The Bertz CT molecular complexity index is 1350. The number of hydrogen-bond acceptors (Lipinski definition) is 7. The molecule has 9 nitrogen and oxygen atoms in total. The maximum atomic E-state index is 12.4. The fourth-order valence-corrected chi connectivity index (χ4v) is 3.57. The summed E-state index contributed by atoms with van der Waals surface area (Å²) >= 11 is 0. The van der Waals surface area contributed by atoms with Gasteiger partial charge in [0.25, 0.3) is 11.6 Å². The molecule has 0 atom stereocenters. The van der Waals surface area contributed by atoms with E-state index in [1.807, 2.05) is 0 Å². The number of non-ortho nitro benzene ring substituents is 1. The van der Waals surface area contributed by atoms with Crippen LogP contribution in [0.4, 0.5) is 11.4 Å². The molecule has 1 N–H and O–H groups in total. The third kappa shape index (κ3) is 5.56.